The molecule has 35 heavy (non-hydrogen) atoms. The molecule has 1 unspecified atom stereocenters. The van der Waals surface area contributed by atoms with Crippen LogP contribution in [0.25, 0.3) is 5.69 Å². The molecule has 4 atom stereocenters. The van der Waals surface area contributed by atoms with E-state index in [0.717, 1.165) is 18.6 Å². The van der Waals surface area contributed by atoms with Gasteiger partial charge in [-0.1, -0.05) is 5.21 Å². The first-order chi connectivity index (χ1) is 17.0. The summed E-state index contributed by atoms with van der Waals surface area (Å²) in [6.07, 6.45) is 5.67. The van der Waals surface area contributed by atoms with Gasteiger partial charge in [0.25, 0.3) is 11.8 Å². The highest BCUT2D eigenvalue weighted by atomic mass is 16.5. The molecule has 11 nitrogen and oxygen atoms in total. The summed E-state index contributed by atoms with van der Waals surface area (Å²) in [5.41, 5.74) is 2.12. The number of nitrogens with one attached hydrogen (secondary N) is 2. The monoisotopic (exact) mass is 478 g/mol. The van der Waals surface area contributed by atoms with E-state index in [9.17, 15) is 19.2 Å². The Kier molecular flexibility index (Phi) is 5.36. The van der Waals surface area contributed by atoms with E-state index in [-0.39, 0.29) is 42.5 Å². The summed E-state index contributed by atoms with van der Waals surface area (Å²) in [6, 6.07) is 4.56. The van der Waals surface area contributed by atoms with Gasteiger partial charge in [0, 0.05) is 31.7 Å². The van der Waals surface area contributed by atoms with Crippen LogP contribution < -0.4 is 10.6 Å². The largest absolute Gasteiger partial charge is 0.376 e. The van der Waals surface area contributed by atoms with E-state index >= 15 is 0 Å². The van der Waals surface area contributed by atoms with E-state index in [1.165, 1.54) is 22.4 Å². The SMILES string of the molecule is O=C1CCC(N2Cc3cc(-n4cc(C(=O)NC[C@@H]5OC[C@@H]6CC[C@H]5C6)nn4)ccc3C2=O)C(=O)N1. The van der Waals surface area contributed by atoms with Gasteiger partial charge in [-0.15, -0.1) is 5.10 Å². The summed E-state index contributed by atoms with van der Waals surface area (Å²) in [6.45, 7) is 1.50. The van der Waals surface area contributed by atoms with Crippen LogP contribution in [0.2, 0.25) is 0 Å². The van der Waals surface area contributed by atoms with E-state index in [0.29, 0.717) is 36.1 Å². The number of amides is 4. The molecule has 1 aromatic heterocycles. The molecule has 182 valence electrons. The third-order valence-corrected chi connectivity index (χ3v) is 7.62. The molecule has 3 aliphatic heterocycles. The van der Waals surface area contributed by atoms with Gasteiger partial charge in [0.2, 0.25) is 11.8 Å². The number of aromatic nitrogens is 3. The molecule has 4 aliphatic rings. The third kappa shape index (κ3) is 3.99. The zero-order valence-corrected chi connectivity index (χ0v) is 19.1. The lowest BCUT2D eigenvalue weighted by Gasteiger charge is -2.29. The molecule has 2 aromatic rings. The Balaban J connectivity index is 1.12. The molecule has 0 spiro atoms. The van der Waals surface area contributed by atoms with Gasteiger partial charge in [0.1, 0.15) is 6.04 Å². The second-order valence-electron chi connectivity index (χ2n) is 9.81. The molecule has 2 saturated heterocycles. The van der Waals surface area contributed by atoms with Crippen molar-refractivity contribution < 1.29 is 23.9 Å². The topological polar surface area (TPSA) is 136 Å². The molecular weight excluding hydrogens is 452 g/mol. The third-order valence-electron chi connectivity index (χ3n) is 7.62. The normalized spacial score (nSPS) is 27.7. The van der Waals surface area contributed by atoms with Crippen molar-refractivity contribution in [2.24, 2.45) is 11.8 Å². The van der Waals surface area contributed by atoms with Gasteiger partial charge in [-0.05, 0) is 61.3 Å². The molecule has 2 N–H and O–H groups in total. The minimum atomic E-state index is -0.666. The van der Waals surface area contributed by atoms with Gasteiger partial charge in [-0.3, -0.25) is 24.5 Å². The van der Waals surface area contributed by atoms with Crippen molar-refractivity contribution in [3.63, 3.8) is 0 Å². The lowest BCUT2D eigenvalue weighted by molar-refractivity contribution is -0.136. The molecule has 6 rings (SSSR count). The van der Waals surface area contributed by atoms with Crippen LogP contribution in [-0.4, -0.2) is 68.8 Å². The van der Waals surface area contributed by atoms with Crippen LogP contribution in [0.5, 0.6) is 0 Å². The Morgan fingerprint density at radius 1 is 1.20 bits per heavy atom. The number of carbonyl (C=O) groups excluding carboxylic acids is 4. The summed E-state index contributed by atoms with van der Waals surface area (Å²) in [4.78, 5) is 50.7. The molecule has 1 saturated carbocycles. The smallest absolute Gasteiger partial charge is 0.273 e. The molecule has 4 amide bonds. The van der Waals surface area contributed by atoms with Crippen LogP contribution in [0, 0.1) is 11.8 Å². The van der Waals surface area contributed by atoms with Gasteiger partial charge in [-0.25, -0.2) is 4.68 Å². The Labute approximate surface area is 201 Å². The van der Waals surface area contributed by atoms with Gasteiger partial charge >= 0.3 is 0 Å². The van der Waals surface area contributed by atoms with Crippen LogP contribution in [0.15, 0.2) is 24.4 Å². The van der Waals surface area contributed by atoms with E-state index in [1.807, 2.05) is 6.07 Å². The number of rotatable bonds is 5. The fourth-order valence-corrected chi connectivity index (χ4v) is 5.71. The number of hydrogen-bond donors (Lipinski definition) is 2. The minimum Gasteiger partial charge on any atom is -0.376 e. The first-order valence-corrected chi connectivity index (χ1v) is 12.1. The lowest BCUT2D eigenvalue weighted by atomic mass is 9.96. The number of ether oxygens (including phenoxy) is 1. The zero-order chi connectivity index (χ0) is 24.1. The standard InChI is InChI=1S/C24H26N6O5/c31-21-6-5-19(23(33)26-21)29-10-15-8-16(3-4-17(15)24(29)34)30-11-18(27-28-30)22(32)25-9-20-14-2-1-13(7-14)12-35-20/h3-4,8,11,13-14,19-20H,1-2,5-7,9-10,12H2,(H,25,32)(H,26,31,33)/t13-,14+,19?,20+/m1/s1. The first kappa shape index (κ1) is 21.9. The summed E-state index contributed by atoms with van der Waals surface area (Å²) >= 11 is 0. The van der Waals surface area contributed by atoms with Crippen LogP contribution >= 0.6 is 0 Å². The van der Waals surface area contributed by atoms with Gasteiger partial charge in [0.05, 0.1) is 18.0 Å². The molecule has 2 bridgehead atoms. The van der Waals surface area contributed by atoms with E-state index in [4.69, 9.17) is 4.74 Å². The summed E-state index contributed by atoms with van der Waals surface area (Å²) in [7, 11) is 0. The molecule has 1 aromatic carbocycles. The fraction of sp³-hybridized carbons (Fsp3) is 0.500. The van der Waals surface area contributed by atoms with E-state index in [2.05, 4.69) is 20.9 Å². The highest BCUT2D eigenvalue weighted by Crippen LogP contribution is 2.38. The van der Waals surface area contributed by atoms with Crippen molar-refractivity contribution in [1.29, 1.82) is 0 Å². The zero-order valence-electron chi connectivity index (χ0n) is 19.1. The van der Waals surface area contributed by atoms with Crippen molar-refractivity contribution in [2.45, 2.75) is 50.8 Å². The first-order valence-electron chi connectivity index (χ1n) is 12.1. The molecule has 4 heterocycles. The number of carbonyl (C=O) groups is 4. The quantitative estimate of drug-likeness (QED) is 0.600. The van der Waals surface area contributed by atoms with Crippen molar-refractivity contribution in [2.75, 3.05) is 13.2 Å². The molecular formula is C24H26N6O5. The maximum absolute atomic E-state index is 12.9. The Hall–Kier alpha value is -3.60. The molecule has 1 aliphatic carbocycles. The number of hydrogen-bond acceptors (Lipinski definition) is 7. The predicted molar refractivity (Wildman–Crippen MR) is 120 cm³/mol. The van der Waals surface area contributed by atoms with Gasteiger partial charge in [-0.2, -0.15) is 0 Å². The maximum Gasteiger partial charge on any atom is 0.273 e. The van der Waals surface area contributed by atoms with Crippen LogP contribution in [0.4, 0.5) is 0 Å². The Morgan fingerprint density at radius 3 is 2.94 bits per heavy atom. The molecule has 3 fully saturated rings. The number of fused-ring (bicyclic) bond motifs is 3. The summed E-state index contributed by atoms with van der Waals surface area (Å²) in [5.74, 6) is -0.120. The van der Waals surface area contributed by atoms with E-state index < -0.39 is 11.9 Å². The minimum absolute atomic E-state index is 0.0503. The van der Waals surface area contributed by atoms with Crippen LogP contribution in [-0.2, 0) is 20.9 Å². The molecule has 11 heteroatoms. The average Bonchev–Trinajstić information content (AvgIpc) is 3.57. The van der Waals surface area contributed by atoms with Gasteiger partial charge < -0.3 is 15.0 Å². The van der Waals surface area contributed by atoms with Crippen molar-refractivity contribution in [1.82, 2.24) is 30.5 Å². The Bertz CT molecular complexity index is 1220. The Morgan fingerprint density at radius 2 is 2.09 bits per heavy atom. The van der Waals surface area contributed by atoms with Crippen molar-refractivity contribution in [3.8, 4) is 5.69 Å². The fourth-order valence-electron chi connectivity index (χ4n) is 5.71. The second kappa shape index (κ2) is 8.56. The van der Waals surface area contributed by atoms with Crippen LogP contribution in [0.3, 0.4) is 0 Å². The maximum atomic E-state index is 12.9. The predicted octanol–water partition coefficient (Wildman–Crippen LogP) is 0.573. The highest BCUT2D eigenvalue weighted by molar-refractivity contribution is 6.05. The second-order valence-corrected chi connectivity index (χ2v) is 9.81. The van der Waals surface area contributed by atoms with Crippen LogP contribution in [0.1, 0.15) is 58.5 Å². The highest BCUT2D eigenvalue weighted by Gasteiger charge is 2.39. The van der Waals surface area contributed by atoms with Crippen molar-refractivity contribution >= 4 is 23.6 Å². The van der Waals surface area contributed by atoms with Gasteiger partial charge in [0.15, 0.2) is 5.69 Å². The number of imide groups is 1. The summed E-state index contributed by atoms with van der Waals surface area (Å²) < 4.78 is 7.41. The number of nitrogens with zero attached hydrogens (tertiary/aromatic N) is 4. The number of piperidine rings is 1. The van der Waals surface area contributed by atoms with Crippen molar-refractivity contribution in [3.05, 3.63) is 41.2 Å². The average molecular weight is 479 g/mol. The lowest BCUT2D eigenvalue weighted by Crippen LogP contribution is -2.52. The molecule has 0 radical (unpaired) electrons. The number of benzene rings is 1. The van der Waals surface area contributed by atoms with E-state index in [1.54, 1.807) is 18.3 Å². The summed E-state index contributed by atoms with van der Waals surface area (Å²) in [5, 5.41) is 13.3.